The second kappa shape index (κ2) is 3.70. The molecule has 0 saturated carbocycles. The Balaban J connectivity index is 2.50. The van der Waals surface area contributed by atoms with Gasteiger partial charge in [0.05, 0.1) is 22.1 Å². The fourth-order valence-corrected chi connectivity index (χ4v) is 2.36. The van der Waals surface area contributed by atoms with E-state index in [4.69, 9.17) is 11.6 Å². The minimum Gasteiger partial charge on any atom is -0.248 e. The molecule has 3 nitrogen and oxygen atoms in total. The summed E-state index contributed by atoms with van der Waals surface area (Å²) in [6.45, 7) is 4.89. The van der Waals surface area contributed by atoms with Crippen molar-refractivity contribution in [2.24, 2.45) is 0 Å². The molecule has 0 fully saturated rings. The number of hydrogen-bond donors (Lipinski definition) is 0. The third kappa shape index (κ3) is 1.50. The second-order valence-electron chi connectivity index (χ2n) is 4.14. The lowest BCUT2D eigenvalue weighted by molar-refractivity contribution is 0.677. The summed E-state index contributed by atoms with van der Waals surface area (Å²) in [5.74, 6) is 0. The monoisotopic (exact) mass is 245 g/mol. The SMILES string of the molecule is CCn1ncc2c(Cl)c3ccc(C)cc3nc21. The van der Waals surface area contributed by atoms with Crippen molar-refractivity contribution in [3.8, 4) is 0 Å². The first-order chi connectivity index (χ1) is 8.20. The van der Waals surface area contributed by atoms with Crippen LogP contribution in [0.3, 0.4) is 0 Å². The third-order valence-corrected chi connectivity index (χ3v) is 3.37. The molecule has 3 aromatic rings. The van der Waals surface area contributed by atoms with Crippen LogP contribution in [0.15, 0.2) is 24.4 Å². The van der Waals surface area contributed by atoms with Gasteiger partial charge in [-0.2, -0.15) is 5.10 Å². The number of hydrogen-bond acceptors (Lipinski definition) is 2. The number of halogens is 1. The summed E-state index contributed by atoms with van der Waals surface area (Å²) in [5, 5.41) is 6.94. The van der Waals surface area contributed by atoms with Gasteiger partial charge >= 0.3 is 0 Å². The fourth-order valence-electron chi connectivity index (χ4n) is 2.06. The van der Waals surface area contributed by atoms with Crippen molar-refractivity contribution in [2.45, 2.75) is 20.4 Å². The van der Waals surface area contributed by atoms with Crippen LogP contribution in [-0.4, -0.2) is 14.8 Å². The molecule has 0 amide bonds. The van der Waals surface area contributed by atoms with Crippen LogP contribution < -0.4 is 0 Å². The van der Waals surface area contributed by atoms with Crippen LogP contribution in [0.4, 0.5) is 0 Å². The number of aromatic nitrogens is 3. The highest BCUT2D eigenvalue weighted by Crippen LogP contribution is 2.30. The molecule has 0 unspecified atom stereocenters. The molecular weight excluding hydrogens is 234 g/mol. The molecule has 2 heterocycles. The van der Waals surface area contributed by atoms with E-state index in [0.717, 1.165) is 33.5 Å². The second-order valence-corrected chi connectivity index (χ2v) is 4.52. The molecule has 0 bridgehead atoms. The van der Waals surface area contributed by atoms with Crippen LogP contribution in [-0.2, 0) is 6.54 Å². The standard InChI is InChI=1S/C13H12ClN3/c1-3-17-13-10(7-15-17)12(14)9-5-4-8(2)6-11(9)16-13/h4-7H,3H2,1-2H3. The summed E-state index contributed by atoms with van der Waals surface area (Å²) in [6.07, 6.45) is 1.79. The number of aryl methyl sites for hydroxylation is 2. The highest BCUT2D eigenvalue weighted by Gasteiger charge is 2.11. The minimum absolute atomic E-state index is 0.740. The summed E-state index contributed by atoms with van der Waals surface area (Å²) in [7, 11) is 0. The van der Waals surface area contributed by atoms with Crippen molar-refractivity contribution in [3.63, 3.8) is 0 Å². The molecule has 0 spiro atoms. The van der Waals surface area contributed by atoms with E-state index in [1.165, 1.54) is 5.56 Å². The highest BCUT2D eigenvalue weighted by atomic mass is 35.5. The average Bonchev–Trinajstić information content (AvgIpc) is 2.72. The first-order valence-corrected chi connectivity index (χ1v) is 6.00. The molecule has 3 rings (SSSR count). The maximum Gasteiger partial charge on any atom is 0.159 e. The first-order valence-electron chi connectivity index (χ1n) is 5.62. The number of nitrogens with zero attached hydrogens (tertiary/aromatic N) is 3. The van der Waals surface area contributed by atoms with Gasteiger partial charge in [0.15, 0.2) is 5.65 Å². The van der Waals surface area contributed by atoms with Gasteiger partial charge in [-0.05, 0) is 25.5 Å². The van der Waals surface area contributed by atoms with E-state index in [1.807, 2.05) is 29.8 Å². The maximum atomic E-state index is 6.40. The molecule has 86 valence electrons. The van der Waals surface area contributed by atoms with Crippen LogP contribution in [0.2, 0.25) is 5.02 Å². The van der Waals surface area contributed by atoms with Gasteiger partial charge < -0.3 is 0 Å². The summed E-state index contributed by atoms with van der Waals surface area (Å²) >= 11 is 6.40. The van der Waals surface area contributed by atoms with Crippen LogP contribution in [0.5, 0.6) is 0 Å². The fraction of sp³-hybridized carbons (Fsp3) is 0.231. The highest BCUT2D eigenvalue weighted by molar-refractivity contribution is 6.40. The smallest absolute Gasteiger partial charge is 0.159 e. The Bertz CT molecular complexity index is 715. The lowest BCUT2D eigenvalue weighted by Crippen LogP contribution is -1.97. The van der Waals surface area contributed by atoms with E-state index in [0.29, 0.717) is 0 Å². The third-order valence-electron chi connectivity index (χ3n) is 2.96. The van der Waals surface area contributed by atoms with E-state index in [-0.39, 0.29) is 0 Å². The Morgan fingerprint density at radius 1 is 1.29 bits per heavy atom. The summed E-state index contributed by atoms with van der Waals surface area (Å²) in [5.41, 5.74) is 2.97. The predicted molar refractivity (Wildman–Crippen MR) is 70.5 cm³/mol. The summed E-state index contributed by atoms with van der Waals surface area (Å²) < 4.78 is 1.86. The molecule has 4 heteroatoms. The Morgan fingerprint density at radius 2 is 2.12 bits per heavy atom. The van der Waals surface area contributed by atoms with Crippen molar-refractivity contribution >= 4 is 33.5 Å². The van der Waals surface area contributed by atoms with Gasteiger partial charge in [-0.3, -0.25) is 0 Å². The molecule has 0 aliphatic rings. The number of benzene rings is 1. The molecule has 2 aromatic heterocycles. The number of rotatable bonds is 1. The lowest BCUT2D eigenvalue weighted by atomic mass is 10.1. The first kappa shape index (κ1) is 10.5. The van der Waals surface area contributed by atoms with E-state index in [2.05, 4.69) is 17.0 Å². The van der Waals surface area contributed by atoms with Crippen LogP contribution >= 0.6 is 11.6 Å². The van der Waals surface area contributed by atoms with Crippen molar-refractivity contribution in [3.05, 3.63) is 35.0 Å². The van der Waals surface area contributed by atoms with Gasteiger partial charge in [0, 0.05) is 11.9 Å². The zero-order valence-electron chi connectivity index (χ0n) is 9.74. The van der Waals surface area contributed by atoms with Crippen molar-refractivity contribution < 1.29 is 0 Å². The van der Waals surface area contributed by atoms with Crippen molar-refractivity contribution in [2.75, 3.05) is 0 Å². The quantitative estimate of drug-likeness (QED) is 0.656. The van der Waals surface area contributed by atoms with E-state index < -0.39 is 0 Å². The Labute approximate surface area is 104 Å². The van der Waals surface area contributed by atoms with Gasteiger partial charge in [-0.25, -0.2) is 9.67 Å². The van der Waals surface area contributed by atoms with Crippen LogP contribution in [0.1, 0.15) is 12.5 Å². The van der Waals surface area contributed by atoms with Gasteiger partial charge in [0.25, 0.3) is 0 Å². The molecule has 0 saturated heterocycles. The van der Waals surface area contributed by atoms with Gasteiger partial charge in [-0.15, -0.1) is 0 Å². The number of pyridine rings is 1. The van der Waals surface area contributed by atoms with Gasteiger partial charge in [-0.1, -0.05) is 23.7 Å². The van der Waals surface area contributed by atoms with Gasteiger partial charge in [0.1, 0.15) is 0 Å². The minimum atomic E-state index is 0.740. The summed E-state index contributed by atoms with van der Waals surface area (Å²) in [6, 6.07) is 6.11. The maximum absolute atomic E-state index is 6.40. The molecule has 17 heavy (non-hydrogen) atoms. The van der Waals surface area contributed by atoms with E-state index in [9.17, 15) is 0 Å². The van der Waals surface area contributed by atoms with E-state index in [1.54, 1.807) is 6.20 Å². The molecular formula is C13H12ClN3. The largest absolute Gasteiger partial charge is 0.248 e. The molecule has 1 aromatic carbocycles. The normalized spacial score (nSPS) is 11.5. The molecule has 0 radical (unpaired) electrons. The van der Waals surface area contributed by atoms with Crippen LogP contribution in [0.25, 0.3) is 21.9 Å². The van der Waals surface area contributed by atoms with Crippen molar-refractivity contribution in [1.82, 2.24) is 14.8 Å². The Morgan fingerprint density at radius 3 is 2.88 bits per heavy atom. The van der Waals surface area contributed by atoms with Crippen molar-refractivity contribution in [1.29, 1.82) is 0 Å². The Hall–Kier alpha value is -1.61. The van der Waals surface area contributed by atoms with E-state index >= 15 is 0 Å². The Kier molecular flexibility index (Phi) is 2.30. The molecule has 0 atom stereocenters. The van der Waals surface area contributed by atoms with Crippen LogP contribution in [0, 0.1) is 6.92 Å². The molecule has 0 N–H and O–H groups in total. The zero-order chi connectivity index (χ0) is 12.0. The van der Waals surface area contributed by atoms with Gasteiger partial charge in [0.2, 0.25) is 0 Å². The predicted octanol–water partition coefficient (Wildman–Crippen LogP) is 3.57. The average molecular weight is 246 g/mol. The summed E-state index contributed by atoms with van der Waals surface area (Å²) in [4.78, 5) is 4.65. The topological polar surface area (TPSA) is 30.7 Å². The molecule has 0 aliphatic carbocycles. The number of fused-ring (bicyclic) bond motifs is 2. The lowest BCUT2D eigenvalue weighted by Gasteiger charge is -2.04. The zero-order valence-corrected chi connectivity index (χ0v) is 10.5. The molecule has 0 aliphatic heterocycles.